The van der Waals surface area contributed by atoms with E-state index in [0.717, 1.165) is 0 Å². The van der Waals surface area contributed by atoms with Crippen LogP contribution in [0.1, 0.15) is 25.3 Å². The van der Waals surface area contributed by atoms with Gasteiger partial charge in [-0.15, -0.1) is 0 Å². The van der Waals surface area contributed by atoms with Crippen LogP contribution in [0, 0.1) is 0 Å². The van der Waals surface area contributed by atoms with Crippen molar-refractivity contribution in [1.82, 2.24) is 5.32 Å². The quantitative estimate of drug-likeness (QED) is 0.789. The Kier molecular flexibility index (Phi) is 4.51. The Morgan fingerprint density at radius 3 is 2.56 bits per heavy atom. The van der Waals surface area contributed by atoms with Crippen molar-refractivity contribution in [3.63, 3.8) is 0 Å². The molecule has 4 heteroatoms. The van der Waals surface area contributed by atoms with Crippen molar-refractivity contribution in [1.29, 1.82) is 0 Å². The highest BCUT2D eigenvalue weighted by atomic mass is 16.3. The lowest BCUT2D eigenvalue weighted by Crippen LogP contribution is -2.23. The molecule has 1 rings (SSSR count). The Bertz CT molecular complexity index is 388. The predicted molar refractivity (Wildman–Crippen MR) is 59.9 cm³/mol. The number of hydrogen-bond donors (Lipinski definition) is 2. The highest BCUT2D eigenvalue weighted by Crippen LogP contribution is 2.14. The molecule has 0 fully saturated rings. The van der Waals surface area contributed by atoms with Gasteiger partial charge in [0.1, 0.15) is 11.5 Å². The summed E-state index contributed by atoms with van der Waals surface area (Å²) in [4.78, 5) is 21.9. The number of Topliss-reactive ketones (excluding diaryl/α,β-unsaturated/α-hetero) is 1. The number of phenolic OH excluding ortho intramolecular Hbond substituents is 1. The Morgan fingerprint density at radius 1 is 1.25 bits per heavy atom. The Morgan fingerprint density at radius 2 is 1.94 bits per heavy atom. The van der Waals surface area contributed by atoms with Gasteiger partial charge >= 0.3 is 0 Å². The smallest absolute Gasteiger partial charge is 0.220 e. The van der Waals surface area contributed by atoms with E-state index in [9.17, 15) is 14.7 Å². The molecule has 0 saturated heterocycles. The van der Waals surface area contributed by atoms with Crippen molar-refractivity contribution in [2.45, 2.75) is 26.3 Å². The largest absolute Gasteiger partial charge is 0.508 e. The van der Waals surface area contributed by atoms with Crippen LogP contribution in [0.25, 0.3) is 0 Å². The number of hydrogen-bond acceptors (Lipinski definition) is 3. The van der Waals surface area contributed by atoms with Crippen LogP contribution in [-0.2, 0) is 16.1 Å². The van der Waals surface area contributed by atoms with Crippen LogP contribution >= 0.6 is 0 Å². The summed E-state index contributed by atoms with van der Waals surface area (Å²) in [6, 6.07) is 6.81. The standard InChI is InChI=1S/C12H15NO3/c1-9(14)6-7-12(16)13-8-10-4-2-3-5-11(10)15/h2-5,15H,6-8H2,1H3,(H,13,16). The van der Waals surface area contributed by atoms with Gasteiger partial charge < -0.3 is 15.2 Å². The summed E-state index contributed by atoms with van der Waals surface area (Å²) in [7, 11) is 0. The van der Waals surface area contributed by atoms with Gasteiger partial charge in [0.25, 0.3) is 0 Å². The van der Waals surface area contributed by atoms with Crippen molar-refractivity contribution in [3.05, 3.63) is 29.8 Å². The molecule has 0 unspecified atom stereocenters. The first-order valence-electron chi connectivity index (χ1n) is 5.12. The highest BCUT2D eigenvalue weighted by molar-refractivity contribution is 5.83. The van der Waals surface area contributed by atoms with E-state index < -0.39 is 0 Å². The summed E-state index contributed by atoms with van der Waals surface area (Å²) in [5.41, 5.74) is 0.665. The van der Waals surface area contributed by atoms with Gasteiger partial charge in [-0.3, -0.25) is 4.79 Å². The van der Waals surface area contributed by atoms with Crippen LogP contribution in [0.3, 0.4) is 0 Å². The van der Waals surface area contributed by atoms with E-state index >= 15 is 0 Å². The van der Waals surface area contributed by atoms with Gasteiger partial charge in [0.15, 0.2) is 0 Å². The average molecular weight is 221 g/mol. The number of benzene rings is 1. The molecular formula is C12H15NO3. The van der Waals surface area contributed by atoms with E-state index in [0.29, 0.717) is 5.56 Å². The Hall–Kier alpha value is -1.84. The second kappa shape index (κ2) is 5.90. The summed E-state index contributed by atoms with van der Waals surface area (Å²) in [5.74, 6) is -0.0227. The van der Waals surface area contributed by atoms with Crippen LogP contribution in [0.5, 0.6) is 5.75 Å². The molecule has 1 aromatic rings. The molecule has 0 aliphatic rings. The number of para-hydroxylation sites is 1. The first-order chi connectivity index (χ1) is 7.59. The molecule has 4 nitrogen and oxygen atoms in total. The third kappa shape index (κ3) is 4.13. The predicted octanol–water partition coefficient (Wildman–Crippen LogP) is 1.38. The minimum atomic E-state index is -0.182. The molecule has 0 saturated carbocycles. The van der Waals surface area contributed by atoms with E-state index in [1.54, 1.807) is 24.3 Å². The van der Waals surface area contributed by atoms with E-state index in [1.807, 2.05) is 0 Å². The van der Waals surface area contributed by atoms with E-state index in [2.05, 4.69) is 5.32 Å². The van der Waals surface area contributed by atoms with Gasteiger partial charge in [0.05, 0.1) is 0 Å². The van der Waals surface area contributed by atoms with Gasteiger partial charge in [-0.2, -0.15) is 0 Å². The first-order valence-corrected chi connectivity index (χ1v) is 5.12. The monoisotopic (exact) mass is 221 g/mol. The Balaban J connectivity index is 2.37. The molecule has 1 aromatic carbocycles. The van der Waals surface area contributed by atoms with E-state index in [1.165, 1.54) is 6.92 Å². The molecule has 0 atom stereocenters. The van der Waals surface area contributed by atoms with Crippen LogP contribution < -0.4 is 5.32 Å². The molecule has 0 aromatic heterocycles. The molecule has 0 bridgehead atoms. The van der Waals surface area contributed by atoms with E-state index in [-0.39, 0.29) is 36.8 Å². The summed E-state index contributed by atoms with van der Waals surface area (Å²) in [5, 5.41) is 12.1. The zero-order valence-corrected chi connectivity index (χ0v) is 9.19. The van der Waals surface area contributed by atoms with Crippen molar-refractivity contribution in [2.75, 3.05) is 0 Å². The van der Waals surface area contributed by atoms with Gasteiger partial charge in [-0.25, -0.2) is 0 Å². The molecule has 0 aliphatic heterocycles. The molecule has 86 valence electrons. The number of carbonyl (C=O) groups excluding carboxylic acids is 2. The van der Waals surface area contributed by atoms with Gasteiger partial charge in [-0.05, 0) is 13.0 Å². The van der Waals surface area contributed by atoms with Crippen LogP contribution in [0.4, 0.5) is 0 Å². The summed E-state index contributed by atoms with van der Waals surface area (Å²) in [6.07, 6.45) is 0.454. The van der Waals surface area contributed by atoms with Crippen LogP contribution in [-0.4, -0.2) is 16.8 Å². The van der Waals surface area contributed by atoms with Gasteiger partial charge in [0.2, 0.25) is 5.91 Å². The summed E-state index contributed by atoms with van der Waals surface area (Å²) < 4.78 is 0. The molecule has 1 amide bonds. The molecule has 2 N–H and O–H groups in total. The number of phenols is 1. The van der Waals surface area contributed by atoms with Gasteiger partial charge in [0, 0.05) is 24.9 Å². The van der Waals surface area contributed by atoms with Gasteiger partial charge in [-0.1, -0.05) is 18.2 Å². The van der Waals surface area contributed by atoms with Crippen molar-refractivity contribution >= 4 is 11.7 Å². The van der Waals surface area contributed by atoms with Crippen molar-refractivity contribution in [3.8, 4) is 5.75 Å². The maximum atomic E-state index is 11.3. The molecule has 0 heterocycles. The first kappa shape index (κ1) is 12.2. The number of nitrogens with one attached hydrogen (secondary N) is 1. The summed E-state index contributed by atoms with van der Waals surface area (Å²) >= 11 is 0. The fourth-order valence-corrected chi connectivity index (χ4v) is 1.23. The SMILES string of the molecule is CC(=O)CCC(=O)NCc1ccccc1O. The number of amides is 1. The zero-order chi connectivity index (χ0) is 12.0. The lowest BCUT2D eigenvalue weighted by atomic mass is 10.2. The highest BCUT2D eigenvalue weighted by Gasteiger charge is 2.04. The maximum absolute atomic E-state index is 11.3. The minimum absolute atomic E-state index is 0.00212. The lowest BCUT2D eigenvalue weighted by Gasteiger charge is -2.06. The zero-order valence-electron chi connectivity index (χ0n) is 9.19. The number of aromatic hydroxyl groups is 1. The lowest BCUT2D eigenvalue weighted by molar-refractivity contribution is -0.124. The second-order valence-corrected chi connectivity index (χ2v) is 3.61. The molecule has 16 heavy (non-hydrogen) atoms. The molecule has 0 radical (unpaired) electrons. The molecule has 0 spiro atoms. The minimum Gasteiger partial charge on any atom is -0.508 e. The van der Waals surface area contributed by atoms with Crippen molar-refractivity contribution < 1.29 is 14.7 Å². The third-order valence-electron chi connectivity index (χ3n) is 2.17. The second-order valence-electron chi connectivity index (χ2n) is 3.61. The topological polar surface area (TPSA) is 66.4 Å². The molecule has 0 aliphatic carbocycles. The third-order valence-corrected chi connectivity index (χ3v) is 2.17. The van der Waals surface area contributed by atoms with E-state index in [4.69, 9.17) is 0 Å². The number of rotatable bonds is 5. The number of carbonyl (C=O) groups is 2. The number of ketones is 1. The van der Waals surface area contributed by atoms with Crippen LogP contribution in [0.2, 0.25) is 0 Å². The molecular weight excluding hydrogens is 206 g/mol. The fourth-order valence-electron chi connectivity index (χ4n) is 1.23. The van der Waals surface area contributed by atoms with Crippen molar-refractivity contribution in [2.24, 2.45) is 0 Å². The van der Waals surface area contributed by atoms with Crippen LogP contribution in [0.15, 0.2) is 24.3 Å². The average Bonchev–Trinajstić information content (AvgIpc) is 2.25. The fraction of sp³-hybridized carbons (Fsp3) is 0.333. The Labute approximate surface area is 94.3 Å². The maximum Gasteiger partial charge on any atom is 0.220 e. The normalized spacial score (nSPS) is 9.81. The summed E-state index contributed by atoms with van der Waals surface area (Å²) in [6.45, 7) is 1.74.